The van der Waals surface area contributed by atoms with Gasteiger partial charge in [0, 0.05) is 11.3 Å². The average Bonchev–Trinajstić information content (AvgIpc) is 2.80. The molecule has 2 rings (SSSR count). The minimum atomic E-state index is 0.0411. The maximum Gasteiger partial charge on any atom is 0.133 e. The minimum Gasteiger partial charge on any atom is -0.237 e. The number of aromatic nitrogens is 2. The predicted molar refractivity (Wildman–Crippen MR) is 62.3 cm³/mol. The van der Waals surface area contributed by atoms with Gasteiger partial charge < -0.3 is 0 Å². The molecule has 0 radical (unpaired) electrons. The summed E-state index contributed by atoms with van der Waals surface area (Å²) in [7, 11) is 0. The molecule has 2 atom stereocenters. The first-order valence-corrected chi connectivity index (χ1v) is 5.80. The lowest BCUT2D eigenvalue weighted by molar-refractivity contribution is 0.561. The van der Waals surface area contributed by atoms with E-state index >= 15 is 0 Å². The van der Waals surface area contributed by atoms with E-state index in [0.717, 1.165) is 17.4 Å². The molecule has 0 spiro atoms. The lowest BCUT2D eigenvalue weighted by Gasteiger charge is -2.18. The van der Waals surface area contributed by atoms with Gasteiger partial charge in [0.05, 0.1) is 5.69 Å². The molecule has 3 heteroatoms. The second kappa shape index (κ2) is 3.44. The second-order valence-electron chi connectivity index (χ2n) is 5.50. The van der Waals surface area contributed by atoms with Crippen molar-refractivity contribution in [3.63, 3.8) is 0 Å². The topological polar surface area (TPSA) is 25.8 Å². The Morgan fingerprint density at radius 3 is 2.40 bits per heavy atom. The fourth-order valence-electron chi connectivity index (χ4n) is 1.67. The van der Waals surface area contributed by atoms with Crippen molar-refractivity contribution < 1.29 is 0 Å². The molecule has 15 heavy (non-hydrogen) atoms. The van der Waals surface area contributed by atoms with Crippen LogP contribution >= 0.6 is 11.6 Å². The van der Waals surface area contributed by atoms with Crippen molar-refractivity contribution in [2.75, 3.05) is 0 Å². The molecule has 0 amide bonds. The monoisotopic (exact) mass is 224 g/mol. The number of hydrogen-bond donors (Lipinski definition) is 0. The van der Waals surface area contributed by atoms with Crippen LogP contribution in [0.3, 0.4) is 0 Å². The van der Waals surface area contributed by atoms with Crippen molar-refractivity contribution in [2.24, 2.45) is 5.92 Å². The molecule has 0 saturated heterocycles. The molecule has 1 fully saturated rings. The smallest absolute Gasteiger partial charge is 0.133 e. The number of nitrogens with zero attached hydrogens (tertiary/aromatic N) is 2. The summed E-state index contributed by atoms with van der Waals surface area (Å²) < 4.78 is 0. The standard InChI is InChI=1S/C12H17ClN2/c1-7-5-8(7)11-14-9(12(2,3)4)6-10(13)15-11/h6-8H,5H2,1-4H3. The molecule has 0 aliphatic heterocycles. The molecule has 2 unspecified atom stereocenters. The van der Waals surface area contributed by atoms with Gasteiger partial charge in [-0.15, -0.1) is 0 Å². The maximum absolute atomic E-state index is 6.02. The Hall–Kier alpha value is -0.630. The van der Waals surface area contributed by atoms with Crippen LogP contribution in [0.25, 0.3) is 0 Å². The Kier molecular flexibility index (Phi) is 2.50. The molecule has 1 aromatic rings. The SMILES string of the molecule is CC1CC1c1nc(Cl)cc(C(C)(C)C)n1. The van der Waals surface area contributed by atoms with Crippen molar-refractivity contribution in [3.05, 3.63) is 22.7 Å². The number of rotatable bonds is 1. The quantitative estimate of drug-likeness (QED) is 0.682. The van der Waals surface area contributed by atoms with Crippen LogP contribution in [0.5, 0.6) is 0 Å². The van der Waals surface area contributed by atoms with E-state index in [2.05, 4.69) is 37.7 Å². The summed E-state index contributed by atoms with van der Waals surface area (Å²) in [5, 5.41) is 0.573. The summed E-state index contributed by atoms with van der Waals surface area (Å²) >= 11 is 6.02. The van der Waals surface area contributed by atoms with Gasteiger partial charge in [-0.05, 0) is 18.4 Å². The molecule has 1 aromatic heterocycles. The molecule has 0 aromatic carbocycles. The Morgan fingerprint density at radius 2 is 1.93 bits per heavy atom. The van der Waals surface area contributed by atoms with E-state index in [1.807, 2.05) is 6.07 Å². The highest BCUT2D eigenvalue weighted by molar-refractivity contribution is 6.29. The van der Waals surface area contributed by atoms with Gasteiger partial charge in [-0.25, -0.2) is 9.97 Å². The van der Waals surface area contributed by atoms with Crippen LogP contribution in [-0.4, -0.2) is 9.97 Å². The zero-order valence-electron chi connectivity index (χ0n) is 9.71. The van der Waals surface area contributed by atoms with Crippen LogP contribution < -0.4 is 0 Å². The second-order valence-corrected chi connectivity index (χ2v) is 5.89. The summed E-state index contributed by atoms with van der Waals surface area (Å²) in [6.45, 7) is 8.66. The van der Waals surface area contributed by atoms with E-state index in [9.17, 15) is 0 Å². The zero-order valence-corrected chi connectivity index (χ0v) is 10.5. The Labute approximate surface area is 96.1 Å². The van der Waals surface area contributed by atoms with E-state index in [4.69, 9.17) is 11.6 Å². The molecular weight excluding hydrogens is 208 g/mol. The van der Waals surface area contributed by atoms with Gasteiger partial charge in [-0.2, -0.15) is 0 Å². The minimum absolute atomic E-state index is 0.0411. The van der Waals surface area contributed by atoms with Gasteiger partial charge in [0.2, 0.25) is 0 Å². The zero-order chi connectivity index (χ0) is 11.2. The van der Waals surface area contributed by atoms with E-state index in [1.54, 1.807) is 0 Å². The summed E-state index contributed by atoms with van der Waals surface area (Å²) in [6, 6.07) is 1.87. The third kappa shape index (κ3) is 2.31. The summed E-state index contributed by atoms with van der Waals surface area (Å²) in [5.74, 6) is 2.18. The van der Waals surface area contributed by atoms with Crippen LogP contribution in [0.15, 0.2) is 6.07 Å². The van der Waals surface area contributed by atoms with Crippen molar-refractivity contribution in [2.45, 2.75) is 45.4 Å². The maximum atomic E-state index is 6.02. The molecule has 1 aliphatic rings. The van der Waals surface area contributed by atoms with Gasteiger partial charge in [-0.3, -0.25) is 0 Å². The van der Waals surface area contributed by atoms with Crippen LogP contribution in [0, 0.1) is 5.92 Å². The average molecular weight is 225 g/mol. The predicted octanol–water partition coefficient (Wildman–Crippen LogP) is 3.55. The third-order valence-corrected chi connectivity index (χ3v) is 3.12. The fourth-order valence-corrected chi connectivity index (χ4v) is 1.86. The summed E-state index contributed by atoms with van der Waals surface area (Å²) in [5.41, 5.74) is 1.08. The third-order valence-electron chi connectivity index (χ3n) is 2.92. The number of hydrogen-bond acceptors (Lipinski definition) is 2. The van der Waals surface area contributed by atoms with Crippen molar-refractivity contribution in [1.82, 2.24) is 9.97 Å². The molecule has 1 saturated carbocycles. The largest absolute Gasteiger partial charge is 0.237 e. The van der Waals surface area contributed by atoms with E-state index in [0.29, 0.717) is 11.1 Å². The van der Waals surface area contributed by atoms with Gasteiger partial charge >= 0.3 is 0 Å². The van der Waals surface area contributed by atoms with Crippen LogP contribution in [0.1, 0.15) is 51.6 Å². The van der Waals surface area contributed by atoms with Crippen molar-refractivity contribution in [1.29, 1.82) is 0 Å². The molecule has 82 valence electrons. The lowest BCUT2D eigenvalue weighted by Crippen LogP contribution is -2.15. The highest BCUT2D eigenvalue weighted by Gasteiger charge is 2.37. The van der Waals surface area contributed by atoms with Gasteiger partial charge in [-0.1, -0.05) is 39.3 Å². The first-order chi connectivity index (χ1) is 6.88. The number of halogens is 1. The molecule has 1 heterocycles. The highest BCUT2D eigenvalue weighted by atomic mass is 35.5. The van der Waals surface area contributed by atoms with Crippen LogP contribution in [-0.2, 0) is 5.41 Å². The molecule has 1 aliphatic carbocycles. The Balaban J connectivity index is 2.37. The fraction of sp³-hybridized carbons (Fsp3) is 0.667. The molecular formula is C12H17ClN2. The van der Waals surface area contributed by atoms with Crippen LogP contribution in [0.4, 0.5) is 0 Å². The highest BCUT2D eigenvalue weighted by Crippen LogP contribution is 2.45. The normalized spacial score (nSPS) is 25.4. The van der Waals surface area contributed by atoms with Crippen molar-refractivity contribution in [3.8, 4) is 0 Å². The van der Waals surface area contributed by atoms with Gasteiger partial charge in [0.25, 0.3) is 0 Å². The van der Waals surface area contributed by atoms with Crippen LogP contribution in [0.2, 0.25) is 5.15 Å². The van der Waals surface area contributed by atoms with E-state index in [1.165, 1.54) is 6.42 Å². The Morgan fingerprint density at radius 1 is 1.33 bits per heavy atom. The van der Waals surface area contributed by atoms with Crippen molar-refractivity contribution >= 4 is 11.6 Å². The summed E-state index contributed by atoms with van der Waals surface area (Å²) in [4.78, 5) is 8.94. The molecule has 0 bridgehead atoms. The van der Waals surface area contributed by atoms with E-state index in [-0.39, 0.29) is 5.41 Å². The Bertz CT molecular complexity index is 382. The summed E-state index contributed by atoms with van der Waals surface area (Å²) in [6.07, 6.45) is 1.20. The van der Waals surface area contributed by atoms with E-state index < -0.39 is 0 Å². The van der Waals surface area contributed by atoms with Gasteiger partial charge in [0.1, 0.15) is 11.0 Å². The lowest BCUT2D eigenvalue weighted by atomic mass is 9.92. The first kappa shape index (κ1) is 10.9. The van der Waals surface area contributed by atoms with Gasteiger partial charge in [0.15, 0.2) is 0 Å². The first-order valence-electron chi connectivity index (χ1n) is 5.43. The molecule has 2 nitrogen and oxygen atoms in total. The molecule has 0 N–H and O–H groups in total.